The van der Waals surface area contributed by atoms with E-state index in [4.69, 9.17) is 10.4 Å². The number of hydrogen-bond acceptors (Lipinski definition) is 3. The standard InChI is InChI=1S/C12H14N2O3/c1-3-8(6-13)11(15)10-5-9(12(16)17)7-14(10)4-2/h5,7-8H,3-4H2,1-2H3,(H,16,17). The summed E-state index contributed by atoms with van der Waals surface area (Å²) in [6, 6.07) is 3.26. The van der Waals surface area contributed by atoms with Crippen LogP contribution in [0.1, 0.15) is 41.1 Å². The van der Waals surface area contributed by atoms with Crippen molar-refractivity contribution in [2.24, 2.45) is 5.92 Å². The van der Waals surface area contributed by atoms with E-state index in [0.717, 1.165) is 0 Å². The molecule has 0 spiro atoms. The maximum atomic E-state index is 12.0. The van der Waals surface area contributed by atoms with Crippen LogP contribution in [-0.2, 0) is 6.54 Å². The summed E-state index contributed by atoms with van der Waals surface area (Å²) in [6.07, 6.45) is 1.84. The van der Waals surface area contributed by atoms with Crippen LogP contribution in [0, 0.1) is 17.2 Å². The molecule has 5 nitrogen and oxygen atoms in total. The molecule has 1 N–H and O–H groups in total. The Labute approximate surface area is 99.3 Å². The van der Waals surface area contributed by atoms with Gasteiger partial charge in [-0.3, -0.25) is 4.79 Å². The third-order valence-corrected chi connectivity index (χ3v) is 2.62. The maximum Gasteiger partial charge on any atom is 0.337 e. The van der Waals surface area contributed by atoms with E-state index < -0.39 is 11.9 Å². The minimum absolute atomic E-state index is 0.0722. The topological polar surface area (TPSA) is 83.1 Å². The Kier molecular flexibility index (Phi) is 4.05. The van der Waals surface area contributed by atoms with Crippen molar-refractivity contribution in [3.05, 3.63) is 23.5 Å². The van der Waals surface area contributed by atoms with Gasteiger partial charge in [0.15, 0.2) is 5.78 Å². The van der Waals surface area contributed by atoms with Crippen LogP contribution in [0.3, 0.4) is 0 Å². The first-order valence-electron chi connectivity index (χ1n) is 5.42. The van der Waals surface area contributed by atoms with E-state index in [1.807, 2.05) is 13.0 Å². The summed E-state index contributed by atoms with van der Waals surface area (Å²) < 4.78 is 1.56. The molecule has 1 unspecified atom stereocenters. The Hall–Kier alpha value is -2.09. The maximum absolute atomic E-state index is 12.0. The highest BCUT2D eigenvalue weighted by molar-refractivity contribution is 6.00. The second kappa shape index (κ2) is 5.30. The minimum Gasteiger partial charge on any atom is -0.478 e. The molecule has 0 radical (unpaired) electrons. The van der Waals surface area contributed by atoms with Gasteiger partial charge in [0.2, 0.25) is 0 Å². The normalized spacial score (nSPS) is 11.8. The van der Waals surface area contributed by atoms with E-state index in [0.29, 0.717) is 18.7 Å². The Balaban J connectivity index is 3.17. The zero-order valence-electron chi connectivity index (χ0n) is 9.80. The third-order valence-electron chi connectivity index (χ3n) is 2.62. The van der Waals surface area contributed by atoms with Gasteiger partial charge in [0.25, 0.3) is 0 Å². The van der Waals surface area contributed by atoms with Crippen LogP contribution in [0.4, 0.5) is 0 Å². The van der Waals surface area contributed by atoms with E-state index in [1.165, 1.54) is 12.3 Å². The van der Waals surface area contributed by atoms with Crippen LogP contribution in [0.2, 0.25) is 0 Å². The number of carboxylic acid groups (broad SMARTS) is 1. The molecular formula is C12H14N2O3. The Morgan fingerprint density at radius 3 is 2.59 bits per heavy atom. The quantitative estimate of drug-likeness (QED) is 0.789. The number of Topliss-reactive ketones (excluding diaryl/α,β-unsaturated/α-hetero) is 1. The van der Waals surface area contributed by atoms with Gasteiger partial charge >= 0.3 is 5.97 Å². The van der Waals surface area contributed by atoms with E-state index in [-0.39, 0.29) is 11.3 Å². The van der Waals surface area contributed by atoms with Crippen molar-refractivity contribution in [1.29, 1.82) is 5.26 Å². The summed E-state index contributed by atoms with van der Waals surface area (Å²) in [5, 5.41) is 17.7. The highest BCUT2D eigenvalue weighted by Crippen LogP contribution is 2.16. The highest BCUT2D eigenvalue weighted by Gasteiger charge is 2.22. The van der Waals surface area contributed by atoms with E-state index in [9.17, 15) is 9.59 Å². The number of aromatic nitrogens is 1. The predicted octanol–water partition coefficient (Wildman–Crippen LogP) is 1.94. The lowest BCUT2D eigenvalue weighted by atomic mass is 10.0. The Morgan fingerprint density at radius 1 is 1.53 bits per heavy atom. The molecule has 0 saturated carbocycles. The molecule has 5 heteroatoms. The average molecular weight is 234 g/mol. The zero-order chi connectivity index (χ0) is 13.0. The molecule has 0 amide bonds. The van der Waals surface area contributed by atoms with Crippen LogP contribution in [-0.4, -0.2) is 21.4 Å². The average Bonchev–Trinajstić information content (AvgIpc) is 2.74. The van der Waals surface area contributed by atoms with E-state index in [1.54, 1.807) is 11.5 Å². The first-order valence-corrected chi connectivity index (χ1v) is 5.42. The SMILES string of the molecule is CCC(C#N)C(=O)c1cc(C(=O)O)cn1CC. The van der Waals surface area contributed by atoms with Gasteiger partial charge in [0.05, 0.1) is 17.3 Å². The molecule has 1 atom stereocenters. The number of carbonyl (C=O) groups excluding carboxylic acids is 1. The van der Waals surface area contributed by atoms with E-state index in [2.05, 4.69) is 0 Å². The second-order valence-corrected chi connectivity index (χ2v) is 3.66. The molecule has 0 aliphatic heterocycles. The molecule has 0 saturated heterocycles. The van der Waals surface area contributed by atoms with Gasteiger partial charge in [0.1, 0.15) is 5.92 Å². The first kappa shape index (κ1) is 13.0. The fourth-order valence-electron chi connectivity index (χ4n) is 1.61. The molecule has 0 bridgehead atoms. The zero-order valence-corrected chi connectivity index (χ0v) is 9.80. The largest absolute Gasteiger partial charge is 0.478 e. The Morgan fingerprint density at radius 2 is 2.18 bits per heavy atom. The number of ketones is 1. The molecule has 0 aliphatic carbocycles. The number of rotatable bonds is 5. The number of carbonyl (C=O) groups is 2. The molecule has 0 aliphatic rings. The number of nitrogens with zero attached hydrogens (tertiary/aromatic N) is 2. The fourth-order valence-corrected chi connectivity index (χ4v) is 1.61. The van der Waals surface area contributed by atoms with Gasteiger partial charge in [-0.25, -0.2) is 4.79 Å². The van der Waals surface area contributed by atoms with Gasteiger partial charge in [-0.15, -0.1) is 0 Å². The molecule has 90 valence electrons. The molecule has 17 heavy (non-hydrogen) atoms. The number of hydrogen-bond donors (Lipinski definition) is 1. The highest BCUT2D eigenvalue weighted by atomic mass is 16.4. The Bertz CT molecular complexity index is 482. The molecule has 1 rings (SSSR count). The second-order valence-electron chi connectivity index (χ2n) is 3.66. The van der Waals surface area contributed by atoms with Crippen molar-refractivity contribution in [3.8, 4) is 6.07 Å². The van der Waals surface area contributed by atoms with Crippen molar-refractivity contribution in [3.63, 3.8) is 0 Å². The van der Waals surface area contributed by atoms with Crippen LogP contribution >= 0.6 is 0 Å². The summed E-state index contributed by atoms with van der Waals surface area (Å²) in [6.45, 7) is 4.06. The van der Waals surface area contributed by atoms with Crippen LogP contribution in [0.5, 0.6) is 0 Å². The number of nitriles is 1. The monoisotopic (exact) mass is 234 g/mol. The smallest absolute Gasteiger partial charge is 0.337 e. The molecule has 0 fully saturated rings. The molecule has 1 aromatic rings. The molecule has 1 aromatic heterocycles. The molecular weight excluding hydrogens is 220 g/mol. The van der Waals surface area contributed by atoms with Gasteiger partial charge in [-0.05, 0) is 19.4 Å². The number of aryl methyl sites for hydroxylation is 1. The van der Waals surface area contributed by atoms with Crippen LogP contribution < -0.4 is 0 Å². The lowest BCUT2D eigenvalue weighted by Crippen LogP contribution is -2.16. The van der Waals surface area contributed by atoms with Crippen LogP contribution in [0.25, 0.3) is 0 Å². The lowest BCUT2D eigenvalue weighted by Gasteiger charge is -2.07. The molecule has 1 heterocycles. The fraction of sp³-hybridized carbons (Fsp3) is 0.417. The summed E-state index contributed by atoms with van der Waals surface area (Å²) in [7, 11) is 0. The van der Waals surface area contributed by atoms with Gasteiger partial charge in [0, 0.05) is 12.7 Å². The first-order chi connectivity index (χ1) is 8.04. The summed E-state index contributed by atoms with van der Waals surface area (Å²) in [5.74, 6) is -2.10. The van der Waals surface area contributed by atoms with Crippen molar-refractivity contribution < 1.29 is 14.7 Å². The van der Waals surface area contributed by atoms with Gasteiger partial charge in [-0.2, -0.15) is 5.26 Å². The van der Waals surface area contributed by atoms with E-state index >= 15 is 0 Å². The van der Waals surface area contributed by atoms with Crippen molar-refractivity contribution >= 4 is 11.8 Å². The van der Waals surface area contributed by atoms with Crippen molar-refractivity contribution in [2.75, 3.05) is 0 Å². The number of carboxylic acids is 1. The minimum atomic E-state index is -1.07. The summed E-state index contributed by atoms with van der Waals surface area (Å²) in [4.78, 5) is 22.8. The van der Waals surface area contributed by atoms with Gasteiger partial charge < -0.3 is 9.67 Å². The third kappa shape index (κ3) is 2.53. The lowest BCUT2D eigenvalue weighted by molar-refractivity contribution is 0.0696. The van der Waals surface area contributed by atoms with Crippen LogP contribution in [0.15, 0.2) is 12.3 Å². The summed E-state index contributed by atoms with van der Waals surface area (Å²) in [5.41, 5.74) is 0.362. The van der Waals surface area contributed by atoms with Gasteiger partial charge in [-0.1, -0.05) is 6.92 Å². The van der Waals surface area contributed by atoms with Crippen molar-refractivity contribution in [1.82, 2.24) is 4.57 Å². The summed E-state index contributed by atoms with van der Waals surface area (Å²) >= 11 is 0. The number of aromatic carboxylic acids is 1. The van der Waals surface area contributed by atoms with Crippen molar-refractivity contribution in [2.45, 2.75) is 26.8 Å². The molecule has 0 aromatic carbocycles. The predicted molar refractivity (Wildman–Crippen MR) is 60.8 cm³/mol.